The first-order valence-electron chi connectivity index (χ1n) is 6.02. The standard InChI is InChI=1S/C16H16BrCl/c1-11-4-3-5-15(12(11)2)16(18)10-13-6-8-14(17)9-7-13/h3-9,16H,10H2,1-2H3. The summed E-state index contributed by atoms with van der Waals surface area (Å²) in [6, 6.07) is 14.7. The van der Waals surface area contributed by atoms with E-state index < -0.39 is 0 Å². The van der Waals surface area contributed by atoms with Gasteiger partial charge in [-0.1, -0.05) is 46.3 Å². The highest BCUT2D eigenvalue weighted by atomic mass is 79.9. The molecule has 0 aliphatic heterocycles. The van der Waals surface area contributed by atoms with Crippen molar-refractivity contribution in [3.8, 4) is 0 Å². The lowest BCUT2D eigenvalue weighted by atomic mass is 9.97. The van der Waals surface area contributed by atoms with E-state index in [9.17, 15) is 0 Å². The topological polar surface area (TPSA) is 0 Å². The van der Waals surface area contributed by atoms with Crippen LogP contribution in [0.1, 0.15) is 27.6 Å². The number of halogens is 2. The Morgan fingerprint density at radius 1 is 1.06 bits per heavy atom. The Balaban J connectivity index is 2.19. The van der Waals surface area contributed by atoms with E-state index in [1.807, 2.05) is 0 Å². The predicted octanol–water partition coefficient (Wildman–Crippen LogP) is 5.59. The molecule has 0 aliphatic rings. The third-order valence-corrected chi connectivity index (χ3v) is 4.23. The van der Waals surface area contributed by atoms with Crippen molar-refractivity contribution in [1.82, 2.24) is 0 Å². The van der Waals surface area contributed by atoms with Gasteiger partial charge in [-0.3, -0.25) is 0 Å². The molecule has 0 bridgehead atoms. The normalized spacial score (nSPS) is 12.4. The van der Waals surface area contributed by atoms with Gasteiger partial charge in [0.1, 0.15) is 0 Å². The van der Waals surface area contributed by atoms with Gasteiger partial charge in [0.2, 0.25) is 0 Å². The van der Waals surface area contributed by atoms with E-state index in [0.717, 1.165) is 10.9 Å². The number of alkyl halides is 1. The minimum Gasteiger partial charge on any atom is -0.117 e. The van der Waals surface area contributed by atoms with E-state index >= 15 is 0 Å². The minimum absolute atomic E-state index is 0.0334. The molecule has 2 aromatic rings. The molecule has 1 unspecified atom stereocenters. The van der Waals surface area contributed by atoms with Crippen molar-refractivity contribution in [3.63, 3.8) is 0 Å². The molecule has 0 N–H and O–H groups in total. The van der Waals surface area contributed by atoms with Crippen LogP contribution in [0.25, 0.3) is 0 Å². The summed E-state index contributed by atoms with van der Waals surface area (Å²) in [5.41, 5.74) is 5.10. The second-order valence-corrected chi connectivity index (χ2v) is 6.03. The maximum Gasteiger partial charge on any atom is 0.0628 e. The summed E-state index contributed by atoms with van der Waals surface area (Å²) in [6.07, 6.45) is 0.860. The zero-order valence-corrected chi connectivity index (χ0v) is 12.9. The lowest BCUT2D eigenvalue weighted by molar-refractivity contribution is 0.906. The molecule has 94 valence electrons. The molecule has 0 fully saturated rings. The number of hydrogen-bond acceptors (Lipinski definition) is 0. The van der Waals surface area contributed by atoms with Crippen molar-refractivity contribution >= 4 is 27.5 Å². The smallest absolute Gasteiger partial charge is 0.0628 e. The molecule has 2 rings (SSSR count). The highest BCUT2D eigenvalue weighted by Crippen LogP contribution is 2.29. The maximum absolute atomic E-state index is 6.55. The SMILES string of the molecule is Cc1cccc(C(Cl)Cc2ccc(Br)cc2)c1C. The van der Waals surface area contributed by atoms with E-state index in [4.69, 9.17) is 11.6 Å². The van der Waals surface area contributed by atoms with Crippen LogP contribution in [0.2, 0.25) is 0 Å². The molecular weight excluding hydrogens is 308 g/mol. The van der Waals surface area contributed by atoms with Gasteiger partial charge in [-0.2, -0.15) is 0 Å². The van der Waals surface area contributed by atoms with E-state index in [2.05, 4.69) is 72.2 Å². The van der Waals surface area contributed by atoms with E-state index in [-0.39, 0.29) is 5.38 Å². The molecule has 0 amide bonds. The molecule has 0 heterocycles. The van der Waals surface area contributed by atoms with Crippen LogP contribution in [0.4, 0.5) is 0 Å². The third kappa shape index (κ3) is 3.15. The molecular formula is C16H16BrCl. The summed E-state index contributed by atoms with van der Waals surface area (Å²) in [6.45, 7) is 4.27. The highest BCUT2D eigenvalue weighted by molar-refractivity contribution is 9.10. The van der Waals surface area contributed by atoms with Gasteiger partial charge in [0.05, 0.1) is 5.38 Å². The molecule has 0 spiro atoms. The van der Waals surface area contributed by atoms with Crippen molar-refractivity contribution in [2.45, 2.75) is 25.6 Å². The molecule has 1 atom stereocenters. The molecule has 18 heavy (non-hydrogen) atoms. The van der Waals surface area contributed by atoms with Crippen LogP contribution >= 0.6 is 27.5 Å². The Kier molecular flexibility index (Phi) is 4.47. The van der Waals surface area contributed by atoms with Crippen LogP contribution in [0, 0.1) is 13.8 Å². The van der Waals surface area contributed by atoms with Crippen LogP contribution < -0.4 is 0 Å². The van der Waals surface area contributed by atoms with Crippen LogP contribution in [0.15, 0.2) is 46.9 Å². The molecule has 2 aromatic carbocycles. The molecule has 0 aliphatic carbocycles. The van der Waals surface area contributed by atoms with Gasteiger partial charge >= 0.3 is 0 Å². The zero-order valence-electron chi connectivity index (χ0n) is 10.6. The van der Waals surface area contributed by atoms with Gasteiger partial charge in [0.25, 0.3) is 0 Å². The van der Waals surface area contributed by atoms with Crippen molar-refractivity contribution in [2.75, 3.05) is 0 Å². The Bertz CT molecular complexity index is 531. The van der Waals surface area contributed by atoms with Crippen molar-refractivity contribution in [3.05, 3.63) is 69.2 Å². The molecule has 0 saturated carbocycles. The van der Waals surface area contributed by atoms with Gasteiger partial charge in [0, 0.05) is 4.47 Å². The van der Waals surface area contributed by atoms with Gasteiger partial charge in [-0.15, -0.1) is 11.6 Å². The summed E-state index contributed by atoms with van der Waals surface area (Å²) in [7, 11) is 0. The summed E-state index contributed by atoms with van der Waals surface area (Å²) in [5.74, 6) is 0. The quantitative estimate of drug-likeness (QED) is 0.646. The first-order chi connectivity index (χ1) is 8.58. The lowest BCUT2D eigenvalue weighted by Gasteiger charge is -2.14. The average Bonchev–Trinajstić information content (AvgIpc) is 2.35. The molecule has 0 nitrogen and oxygen atoms in total. The van der Waals surface area contributed by atoms with Gasteiger partial charge in [-0.25, -0.2) is 0 Å². The number of hydrogen-bond donors (Lipinski definition) is 0. The summed E-state index contributed by atoms with van der Waals surface area (Å²) < 4.78 is 1.10. The Morgan fingerprint density at radius 2 is 1.72 bits per heavy atom. The second kappa shape index (κ2) is 5.90. The summed E-state index contributed by atoms with van der Waals surface area (Å²) >= 11 is 9.99. The van der Waals surface area contributed by atoms with Gasteiger partial charge < -0.3 is 0 Å². The van der Waals surface area contributed by atoms with Crippen LogP contribution in [0.3, 0.4) is 0 Å². The van der Waals surface area contributed by atoms with Gasteiger partial charge in [-0.05, 0) is 54.7 Å². The van der Waals surface area contributed by atoms with Crippen LogP contribution in [0.5, 0.6) is 0 Å². The first kappa shape index (κ1) is 13.6. The molecule has 2 heteroatoms. The summed E-state index contributed by atoms with van der Waals surface area (Å²) in [4.78, 5) is 0. The van der Waals surface area contributed by atoms with Crippen LogP contribution in [-0.2, 0) is 6.42 Å². The Hall–Kier alpha value is -0.790. The Morgan fingerprint density at radius 3 is 2.39 bits per heavy atom. The second-order valence-electron chi connectivity index (χ2n) is 4.59. The van der Waals surface area contributed by atoms with Crippen molar-refractivity contribution in [2.24, 2.45) is 0 Å². The lowest BCUT2D eigenvalue weighted by Crippen LogP contribution is -1.99. The number of aryl methyl sites for hydroxylation is 1. The average molecular weight is 324 g/mol. The highest BCUT2D eigenvalue weighted by Gasteiger charge is 2.12. The van der Waals surface area contributed by atoms with E-state index in [1.54, 1.807) is 0 Å². The van der Waals surface area contributed by atoms with E-state index in [1.165, 1.54) is 22.3 Å². The van der Waals surface area contributed by atoms with Gasteiger partial charge in [0.15, 0.2) is 0 Å². The third-order valence-electron chi connectivity index (χ3n) is 3.31. The van der Waals surface area contributed by atoms with E-state index in [0.29, 0.717) is 0 Å². The van der Waals surface area contributed by atoms with Crippen molar-refractivity contribution in [1.29, 1.82) is 0 Å². The molecule has 0 saturated heterocycles. The van der Waals surface area contributed by atoms with Crippen LogP contribution in [-0.4, -0.2) is 0 Å². The molecule has 0 radical (unpaired) electrons. The number of benzene rings is 2. The number of rotatable bonds is 3. The largest absolute Gasteiger partial charge is 0.117 e. The fourth-order valence-electron chi connectivity index (χ4n) is 2.05. The fourth-order valence-corrected chi connectivity index (χ4v) is 2.73. The monoisotopic (exact) mass is 322 g/mol. The van der Waals surface area contributed by atoms with Crippen molar-refractivity contribution < 1.29 is 0 Å². The summed E-state index contributed by atoms with van der Waals surface area (Å²) in [5, 5.41) is 0.0334. The first-order valence-corrected chi connectivity index (χ1v) is 7.25. The fraction of sp³-hybridized carbons (Fsp3) is 0.250. The maximum atomic E-state index is 6.55. The molecule has 0 aromatic heterocycles. The predicted molar refractivity (Wildman–Crippen MR) is 82.4 cm³/mol. The minimum atomic E-state index is 0.0334. The Labute approximate surface area is 122 Å². The zero-order chi connectivity index (χ0) is 13.1.